The van der Waals surface area contributed by atoms with Crippen molar-refractivity contribution in [1.29, 1.82) is 0 Å². The average Bonchev–Trinajstić information content (AvgIpc) is 2.95. The third-order valence-electron chi connectivity index (χ3n) is 3.65. The highest BCUT2D eigenvalue weighted by Gasteiger charge is 2.57. The molecule has 1 aliphatic heterocycles. The van der Waals surface area contributed by atoms with Gasteiger partial charge in [-0.15, -0.1) is 0 Å². The van der Waals surface area contributed by atoms with Gasteiger partial charge in [-0.25, -0.2) is 9.59 Å². The minimum Gasteiger partial charge on any atom is -0.481 e. The highest BCUT2D eigenvalue weighted by Crippen LogP contribution is 2.54. The molecule has 1 spiro atoms. The molecule has 0 radical (unpaired) electrons. The molecule has 17 heavy (non-hydrogen) atoms. The summed E-state index contributed by atoms with van der Waals surface area (Å²) in [6, 6.07) is -1.48. The van der Waals surface area contributed by atoms with Gasteiger partial charge in [0, 0.05) is 6.54 Å². The Balaban J connectivity index is 2.32. The van der Waals surface area contributed by atoms with E-state index in [9.17, 15) is 14.4 Å². The summed E-state index contributed by atoms with van der Waals surface area (Å²) in [5.41, 5.74) is -0.298. The average molecular weight is 243 g/mol. The van der Waals surface area contributed by atoms with Gasteiger partial charge in [0.15, 0.2) is 0 Å². The van der Waals surface area contributed by atoms with Crippen LogP contribution in [0.15, 0.2) is 0 Å². The van der Waals surface area contributed by atoms with E-state index < -0.39 is 30.0 Å². The summed E-state index contributed by atoms with van der Waals surface area (Å²) in [7, 11) is 0. The van der Waals surface area contributed by atoms with Gasteiger partial charge >= 0.3 is 18.0 Å². The van der Waals surface area contributed by atoms with Gasteiger partial charge in [0.05, 0.1) is 5.92 Å². The minimum absolute atomic E-state index is 0.128. The standard InChI is InChI=1S/C10H13NO6/c12-7(13)5-3-10(1-2-10)4-11(9(16)17)6(5)8(14)15/h5-6H,1-4H2,(H,12,13)(H,14,15)(H,16,17)/t5-,6-/m0/s1. The molecule has 0 aromatic heterocycles. The van der Waals surface area contributed by atoms with E-state index in [0.29, 0.717) is 0 Å². The number of carboxylic acids is 2. The highest BCUT2D eigenvalue weighted by atomic mass is 16.4. The number of aliphatic carboxylic acids is 2. The fourth-order valence-corrected chi connectivity index (χ4v) is 2.57. The lowest BCUT2D eigenvalue weighted by atomic mass is 9.81. The molecule has 1 aliphatic carbocycles. The minimum atomic E-state index is -1.48. The van der Waals surface area contributed by atoms with Gasteiger partial charge in [-0.05, 0) is 24.7 Å². The van der Waals surface area contributed by atoms with Crippen LogP contribution in [0.3, 0.4) is 0 Å². The molecule has 2 fully saturated rings. The number of carbonyl (C=O) groups is 3. The number of carboxylic acid groups (broad SMARTS) is 3. The molecule has 0 aromatic rings. The van der Waals surface area contributed by atoms with E-state index >= 15 is 0 Å². The Kier molecular flexibility index (Phi) is 2.48. The first-order chi connectivity index (χ1) is 7.86. The van der Waals surface area contributed by atoms with E-state index in [4.69, 9.17) is 15.3 Å². The van der Waals surface area contributed by atoms with Crippen LogP contribution in [0.4, 0.5) is 4.79 Å². The smallest absolute Gasteiger partial charge is 0.408 e. The number of hydrogen-bond donors (Lipinski definition) is 3. The van der Waals surface area contributed by atoms with Crippen LogP contribution in [-0.2, 0) is 9.59 Å². The van der Waals surface area contributed by atoms with Crippen molar-refractivity contribution in [3.05, 3.63) is 0 Å². The fourth-order valence-electron chi connectivity index (χ4n) is 2.57. The maximum Gasteiger partial charge on any atom is 0.408 e. The predicted octanol–water partition coefficient (Wildman–Crippen LogP) is 0.304. The van der Waals surface area contributed by atoms with E-state index in [1.54, 1.807) is 0 Å². The van der Waals surface area contributed by atoms with Crippen LogP contribution in [0.2, 0.25) is 0 Å². The Labute approximate surface area is 96.6 Å². The maximum atomic E-state index is 11.1. The first-order valence-electron chi connectivity index (χ1n) is 5.31. The molecular weight excluding hydrogens is 230 g/mol. The van der Waals surface area contributed by atoms with E-state index in [0.717, 1.165) is 17.7 Å². The zero-order chi connectivity index (χ0) is 12.8. The lowest BCUT2D eigenvalue weighted by Crippen LogP contribution is -2.57. The first kappa shape index (κ1) is 11.7. The summed E-state index contributed by atoms with van der Waals surface area (Å²) in [4.78, 5) is 33.9. The molecule has 2 aliphatic rings. The van der Waals surface area contributed by atoms with Crippen LogP contribution in [-0.4, -0.2) is 50.8 Å². The quantitative estimate of drug-likeness (QED) is 0.642. The fraction of sp³-hybridized carbons (Fsp3) is 0.700. The van der Waals surface area contributed by atoms with Gasteiger partial charge in [-0.1, -0.05) is 0 Å². The van der Waals surface area contributed by atoms with E-state index in [2.05, 4.69) is 0 Å². The number of nitrogens with zero attached hydrogens (tertiary/aromatic N) is 1. The van der Waals surface area contributed by atoms with Crippen molar-refractivity contribution in [3.63, 3.8) is 0 Å². The lowest BCUT2D eigenvalue weighted by Gasteiger charge is -2.39. The van der Waals surface area contributed by atoms with Gasteiger partial charge in [0.25, 0.3) is 0 Å². The molecule has 1 heterocycles. The number of hydrogen-bond acceptors (Lipinski definition) is 3. The molecular formula is C10H13NO6. The van der Waals surface area contributed by atoms with Gasteiger partial charge in [0.2, 0.25) is 0 Å². The van der Waals surface area contributed by atoms with Gasteiger partial charge < -0.3 is 15.3 Å². The highest BCUT2D eigenvalue weighted by molar-refractivity contribution is 5.86. The Morgan fingerprint density at radius 2 is 1.65 bits per heavy atom. The molecule has 7 nitrogen and oxygen atoms in total. The molecule has 3 N–H and O–H groups in total. The maximum absolute atomic E-state index is 11.1. The Morgan fingerprint density at radius 3 is 2.00 bits per heavy atom. The molecule has 2 atom stereocenters. The zero-order valence-electron chi connectivity index (χ0n) is 9.00. The molecule has 1 amide bonds. The summed E-state index contributed by atoms with van der Waals surface area (Å²) in [5.74, 6) is -3.79. The summed E-state index contributed by atoms with van der Waals surface area (Å²) in [6.45, 7) is 0.128. The van der Waals surface area contributed by atoms with Crippen molar-refractivity contribution >= 4 is 18.0 Å². The molecule has 0 aromatic carbocycles. The lowest BCUT2D eigenvalue weighted by molar-refractivity contribution is -0.158. The topological polar surface area (TPSA) is 115 Å². The van der Waals surface area contributed by atoms with E-state index in [1.165, 1.54) is 0 Å². The molecule has 1 saturated carbocycles. The van der Waals surface area contributed by atoms with E-state index in [-0.39, 0.29) is 18.4 Å². The predicted molar refractivity (Wildman–Crippen MR) is 53.6 cm³/mol. The Hall–Kier alpha value is -1.79. The molecule has 2 rings (SSSR count). The van der Waals surface area contributed by atoms with Crippen molar-refractivity contribution in [2.24, 2.45) is 11.3 Å². The first-order valence-corrected chi connectivity index (χ1v) is 5.31. The zero-order valence-corrected chi connectivity index (χ0v) is 9.00. The van der Waals surface area contributed by atoms with Crippen molar-refractivity contribution < 1.29 is 29.7 Å². The molecule has 7 heteroatoms. The van der Waals surface area contributed by atoms with Crippen LogP contribution in [0.25, 0.3) is 0 Å². The number of rotatable bonds is 2. The van der Waals surface area contributed by atoms with Gasteiger partial charge in [-0.2, -0.15) is 0 Å². The second-order valence-electron chi connectivity index (χ2n) is 4.84. The summed E-state index contributed by atoms with van der Waals surface area (Å²) in [5, 5.41) is 27.0. The van der Waals surface area contributed by atoms with Crippen LogP contribution < -0.4 is 0 Å². The third kappa shape index (κ3) is 1.92. The molecule has 1 saturated heterocycles. The van der Waals surface area contributed by atoms with Crippen molar-refractivity contribution in [2.75, 3.05) is 6.54 Å². The SMILES string of the molecule is O=C(O)[C@H]1CC2(CC2)CN(C(=O)O)[C@@H]1C(=O)O. The monoisotopic (exact) mass is 243 g/mol. The number of piperidine rings is 1. The van der Waals surface area contributed by atoms with Crippen LogP contribution in [0, 0.1) is 11.3 Å². The Morgan fingerprint density at radius 1 is 1.06 bits per heavy atom. The molecule has 0 bridgehead atoms. The second kappa shape index (κ2) is 3.61. The largest absolute Gasteiger partial charge is 0.481 e. The Bertz CT molecular complexity index is 362. The molecule has 94 valence electrons. The third-order valence-corrected chi connectivity index (χ3v) is 3.65. The number of likely N-dealkylation sites (tertiary alicyclic amines) is 1. The van der Waals surface area contributed by atoms with E-state index in [1.807, 2.05) is 0 Å². The van der Waals surface area contributed by atoms with Crippen molar-refractivity contribution in [3.8, 4) is 0 Å². The summed E-state index contributed by atoms with van der Waals surface area (Å²) < 4.78 is 0. The van der Waals surface area contributed by atoms with Gasteiger partial charge in [-0.3, -0.25) is 9.69 Å². The summed E-state index contributed by atoms with van der Waals surface area (Å²) >= 11 is 0. The number of amides is 1. The van der Waals surface area contributed by atoms with Crippen LogP contribution in [0.5, 0.6) is 0 Å². The van der Waals surface area contributed by atoms with Crippen molar-refractivity contribution in [1.82, 2.24) is 4.90 Å². The summed E-state index contributed by atoms with van der Waals surface area (Å²) in [6.07, 6.45) is 0.428. The van der Waals surface area contributed by atoms with Gasteiger partial charge in [0.1, 0.15) is 6.04 Å². The van der Waals surface area contributed by atoms with Crippen LogP contribution in [0.1, 0.15) is 19.3 Å². The second-order valence-corrected chi connectivity index (χ2v) is 4.84. The van der Waals surface area contributed by atoms with Crippen LogP contribution >= 0.6 is 0 Å². The van der Waals surface area contributed by atoms with Crippen molar-refractivity contribution in [2.45, 2.75) is 25.3 Å². The normalized spacial score (nSPS) is 30.0. The molecule has 0 unspecified atom stereocenters.